The predicted molar refractivity (Wildman–Crippen MR) is 63.8 cm³/mol. The summed E-state index contributed by atoms with van der Waals surface area (Å²) in [6.07, 6.45) is 0. The van der Waals surface area contributed by atoms with Crippen LogP contribution >= 0.6 is 0 Å². The maximum atomic E-state index is 5.35. The number of rotatable bonds is 4. The lowest BCUT2D eigenvalue weighted by atomic mass is 10.1. The summed E-state index contributed by atoms with van der Waals surface area (Å²) in [5.41, 5.74) is 2.33. The second kappa shape index (κ2) is 4.58. The van der Waals surface area contributed by atoms with Gasteiger partial charge < -0.3 is 14.8 Å². The van der Waals surface area contributed by atoms with E-state index in [-0.39, 0.29) is 6.04 Å². The van der Waals surface area contributed by atoms with Gasteiger partial charge in [0, 0.05) is 12.6 Å². The standard InChI is InChI=1S/C13H17NO2/c1-9(2)7-14-10(3)11-4-5-12-13(6-11)16-8-15-12/h4-6,10,14H,1,7-8H2,2-3H3. The van der Waals surface area contributed by atoms with E-state index in [1.807, 2.05) is 19.1 Å². The van der Waals surface area contributed by atoms with Crippen LogP contribution in [0.25, 0.3) is 0 Å². The Hall–Kier alpha value is -1.48. The molecular formula is C13H17NO2. The normalized spacial score (nSPS) is 14.9. The Kier molecular flexibility index (Phi) is 3.15. The number of hydrogen-bond acceptors (Lipinski definition) is 3. The van der Waals surface area contributed by atoms with Gasteiger partial charge in [-0.1, -0.05) is 18.2 Å². The third-order valence-corrected chi connectivity index (χ3v) is 2.61. The molecule has 1 aliphatic heterocycles. The van der Waals surface area contributed by atoms with Gasteiger partial charge in [-0.05, 0) is 31.5 Å². The quantitative estimate of drug-likeness (QED) is 0.790. The molecule has 1 atom stereocenters. The molecule has 0 fully saturated rings. The topological polar surface area (TPSA) is 30.5 Å². The molecule has 1 aliphatic rings. The lowest BCUT2D eigenvalue weighted by Crippen LogP contribution is -2.20. The highest BCUT2D eigenvalue weighted by molar-refractivity contribution is 5.45. The third-order valence-electron chi connectivity index (χ3n) is 2.61. The van der Waals surface area contributed by atoms with E-state index in [1.54, 1.807) is 0 Å². The first-order valence-corrected chi connectivity index (χ1v) is 5.44. The van der Waals surface area contributed by atoms with E-state index in [0.29, 0.717) is 6.79 Å². The van der Waals surface area contributed by atoms with Crippen molar-refractivity contribution >= 4 is 0 Å². The van der Waals surface area contributed by atoms with Crippen molar-refractivity contribution in [3.05, 3.63) is 35.9 Å². The Morgan fingerprint density at radius 3 is 2.94 bits per heavy atom. The van der Waals surface area contributed by atoms with Crippen molar-refractivity contribution in [2.45, 2.75) is 19.9 Å². The molecule has 2 rings (SSSR count). The lowest BCUT2D eigenvalue weighted by Gasteiger charge is -2.14. The van der Waals surface area contributed by atoms with E-state index in [2.05, 4.69) is 24.9 Å². The zero-order chi connectivity index (χ0) is 11.5. The molecule has 0 aliphatic carbocycles. The van der Waals surface area contributed by atoms with Crippen molar-refractivity contribution in [2.75, 3.05) is 13.3 Å². The second-order valence-corrected chi connectivity index (χ2v) is 4.17. The predicted octanol–water partition coefficient (Wildman–Crippen LogP) is 2.64. The van der Waals surface area contributed by atoms with Gasteiger partial charge in [-0.2, -0.15) is 0 Å². The Morgan fingerprint density at radius 2 is 2.19 bits per heavy atom. The number of hydrogen-bond donors (Lipinski definition) is 1. The van der Waals surface area contributed by atoms with Gasteiger partial charge in [0.25, 0.3) is 0 Å². The van der Waals surface area contributed by atoms with E-state index >= 15 is 0 Å². The van der Waals surface area contributed by atoms with Crippen LogP contribution in [0.15, 0.2) is 30.4 Å². The minimum absolute atomic E-state index is 0.284. The van der Waals surface area contributed by atoms with Gasteiger partial charge in [-0.25, -0.2) is 0 Å². The van der Waals surface area contributed by atoms with Crippen LogP contribution in [0.3, 0.4) is 0 Å². The second-order valence-electron chi connectivity index (χ2n) is 4.17. The fourth-order valence-corrected chi connectivity index (χ4v) is 1.63. The SMILES string of the molecule is C=C(C)CNC(C)c1ccc2c(c1)OCO2. The van der Waals surface area contributed by atoms with Crippen LogP contribution in [-0.2, 0) is 0 Å². The molecule has 0 bridgehead atoms. The Labute approximate surface area is 96.1 Å². The fourth-order valence-electron chi connectivity index (χ4n) is 1.63. The molecule has 0 radical (unpaired) electrons. The zero-order valence-corrected chi connectivity index (χ0v) is 9.75. The Morgan fingerprint density at radius 1 is 1.44 bits per heavy atom. The smallest absolute Gasteiger partial charge is 0.231 e. The molecule has 3 heteroatoms. The Balaban J connectivity index is 2.06. The highest BCUT2D eigenvalue weighted by Gasteiger charge is 2.15. The first kappa shape index (κ1) is 11.0. The van der Waals surface area contributed by atoms with Gasteiger partial charge in [0.15, 0.2) is 11.5 Å². The number of nitrogens with one attached hydrogen (secondary N) is 1. The molecule has 0 saturated carbocycles. The van der Waals surface area contributed by atoms with Gasteiger partial charge in [0.1, 0.15) is 0 Å². The highest BCUT2D eigenvalue weighted by Crippen LogP contribution is 2.34. The molecule has 1 heterocycles. The molecule has 16 heavy (non-hydrogen) atoms. The van der Waals surface area contributed by atoms with Crippen LogP contribution in [-0.4, -0.2) is 13.3 Å². The molecule has 3 nitrogen and oxygen atoms in total. The van der Waals surface area contributed by atoms with Crippen LogP contribution in [0, 0.1) is 0 Å². The van der Waals surface area contributed by atoms with Crippen molar-refractivity contribution in [2.24, 2.45) is 0 Å². The van der Waals surface area contributed by atoms with E-state index in [9.17, 15) is 0 Å². The van der Waals surface area contributed by atoms with Crippen LogP contribution in [0.1, 0.15) is 25.5 Å². The number of ether oxygens (including phenoxy) is 2. The maximum absolute atomic E-state index is 5.35. The molecule has 1 aromatic carbocycles. The zero-order valence-electron chi connectivity index (χ0n) is 9.75. The molecule has 0 spiro atoms. The first-order chi connectivity index (χ1) is 7.66. The van der Waals surface area contributed by atoms with Gasteiger partial charge >= 0.3 is 0 Å². The lowest BCUT2D eigenvalue weighted by molar-refractivity contribution is 0.174. The molecule has 0 aromatic heterocycles. The minimum atomic E-state index is 0.284. The van der Waals surface area contributed by atoms with Crippen molar-refractivity contribution in [3.8, 4) is 11.5 Å². The van der Waals surface area contributed by atoms with Crippen LogP contribution in [0.5, 0.6) is 11.5 Å². The minimum Gasteiger partial charge on any atom is -0.454 e. The summed E-state index contributed by atoms with van der Waals surface area (Å²) < 4.78 is 10.6. The largest absolute Gasteiger partial charge is 0.454 e. The fraction of sp³-hybridized carbons (Fsp3) is 0.385. The van der Waals surface area contributed by atoms with Gasteiger partial charge in [0.2, 0.25) is 6.79 Å². The van der Waals surface area contributed by atoms with Crippen LogP contribution in [0.2, 0.25) is 0 Å². The highest BCUT2D eigenvalue weighted by atomic mass is 16.7. The van der Waals surface area contributed by atoms with E-state index < -0.39 is 0 Å². The number of fused-ring (bicyclic) bond motifs is 1. The molecule has 0 amide bonds. The summed E-state index contributed by atoms with van der Waals surface area (Å²) in [5.74, 6) is 1.66. The summed E-state index contributed by atoms with van der Waals surface area (Å²) in [7, 11) is 0. The summed E-state index contributed by atoms with van der Waals surface area (Å²) in [4.78, 5) is 0. The molecule has 1 aromatic rings. The van der Waals surface area contributed by atoms with Crippen LogP contribution in [0.4, 0.5) is 0 Å². The first-order valence-electron chi connectivity index (χ1n) is 5.44. The molecule has 1 unspecified atom stereocenters. The molecule has 0 saturated heterocycles. The monoisotopic (exact) mass is 219 g/mol. The summed E-state index contributed by atoms with van der Waals surface area (Å²) >= 11 is 0. The summed E-state index contributed by atoms with van der Waals surface area (Å²) in [5, 5.41) is 3.39. The van der Waals surface area contributed by atoms with Crippen molar-refractivity contribution in [1.29, 1.82) is 0 Å². The third kappa shape index (κ3) is 2.36. The molecule has 86 valence electrons. The summed E-state index contributed by atoms with van der Waals surface area (Å²) in [6, 6.07) is 6.32. The number of benzene rings is 1. The average molecular weight is 219 g/mol. The molecule has 1 N–H and O–H groups in total. The van der Waals surface area contributed by atoms with Gasteiger partial charge in [-0.15, -0.1) is 0 Å². The maximum Gasteiger partial charge on any atom is 0.231 e. The van der Waals surface area contributed by atoms with Crippen molar-refractivity contribution in [1.82, 2.24) is 5.32 Å². The van der Waals surface area contributed by atoms with Crippen molar-refractivity contribution < 1.29 is 9.47 Å². The van der Waals surface area contributed by atoms with E-state index in [1.165, 1.54) is 5.56 Å². The van der Waals surface area contributed by atoms with Gasteiger partial charge in [-0.3, -0.25) is 0 Å². The summed E-state index contributed by atoms with van der Waals surface area (Å²) in [6.45, 7) is 9.16. The van der Waals surface area contributed by atoms with E-state index in [4.69, 9.17) is 9.47 Å². The van der Waals surface area contributed by atoms with Crippen LogP contribution < -0.4 is 14.8 Å². The van der Waals surface area contributed by atoms with Gasteiger partial charge in [0.05, 0.1) is 0 Å². The van der Waals surface area contributed by atoms with E-state index in [0.717, 1.165) is 23.6 Å². The average Bonchev–Trinajstić information content (AvgIpc) is 2.72. The molecular weight excluding hydrogens is 202 g/mol. The van der Waals surface area contributed by atoms with Crippen molar-refractivity contribution in [3.63, 3.8) is 0 Å². The Bertz CT molecular complexity index is 401.